The van der Waals surface area contributed by atoms with Gasteiger partial charge in [-0.1, -0.05) is 31.0 Å². The van der Waals surface area contributed by atoms with Gasteiger partial charge in [-0.15, -0.1) is 0 Å². The van der Waals surface area contributed by atoms with Crippen molar-refractivity contribution in [3.05, 3.63) is 70.5 Å². The number of aliphatic carboxylic acids is 1. The lowest BCUT2D eigenvalue weighted by atomic mass is 9.95. The molecule has 2 aromatic carbocycles. The minimum atomic E-state index is -1.10. The van der Waals surface area contributed by atoms with Gasteiger partial charge in [0.1, 0.15) is 0 Å². The van der Waals surface area contributed by atoms with E-state index in [2.05, 4.69) is 12.0 Å². The fourth-order valence-corrected chi connectivity index (χ4v) is 4.38. The molecule has 0 unspecified atom stereocenters. The van der Waals surface area contributed by atoms with E-state index in [9.17, 15) is 9.90 Å². The van der Waals surface area contributed by atoms with Crippen LogP contribution in [0.1, 0.15) is 36.6 Å². The first kappa shape index (κ1) is 26.0. The van der Waals surface area contributed by atoms with Gasteiger partial charge in [0.2, 0.25) is 5.75 Å². The second-order valence-electron chi connectivity index (χ2n) is 8.35. The molecule has 2 aromatic heterocycles. The smallest absolute Gasteiger partial charge is 0.336 e. The van der Waals surface area contributed by atoms with Crippen molar-refractivity contribution in [1.29, 1.82) is 0 Å². The normalized spacial score (nSPS) is 11.5. The van der Waals surface area contributed by atoms with Crippen LogP contribution < -0.4 is 14.2 Å². The van der Waals surface area contributed by atoms with Gasteiger partial charge in [-0.3, -0.25) is 0 Å². The van der Waals surface area contributed by atoms with E-state index in [1.54, 1.807) is 47.1 Å². The van der Waals surface area contributed by atoms with Crippen molar-refractivity contribution in [1.82, 2.24) is 14.6 Å². The molecular formula is C28H28ClN3O5. The summed E-state index contributed by atoms with van der Waals surface area (Å²) in [5.74, 6) is 0.155. The Morgan fingerprint density at radius 1 is 1.05 bits per heavy atom. The highest BCUT2D eigenvalue weighted by Gasteiger charge is 2.21. The Balaban J connectivity index is 1.95. The van der Waals surface area contributed by atoms with Crippen LogP contribution in [0.2, 0.25) is 5.02 Å². The standard InChI is InChI=1S/C28H28ClN3O5/c1-5-6-7-19-16-23(32-26(31-19)10-11-30-32)21-15-18(29)8-9-20(21)22(28(33)34)12-17-13-24(35-2)27(37-4)25(14-17)36-3/h8-16H,5-7H2,1-4H3,(H,33,34). The van der Waals surface area contributed by atoms with Crippen LogP contribution in [0.4, 0.5) is 0 Å². The zero-order valence-corrected chi connectivity index (χ0v) is 21.9. The summed E-state index contributed by atoms with van der Waals surface area (Å²) in [5.41, 5.74) is 4.03. The Morgan fingerprint density at radius 3 is 2.41 bits per heavy atom. The summed E-state index contributed by atoms with van der Waals surface area (Å²) >= 11 is 6.41. The van der Waals surface area contributed by atoms with Crippen molar-refractivity contribution in [3.8, 4) is 28.5 Å². The maximum Gasteiger partial charge on any atom is 0.336 e. The third-order valence-electron chi connectivity index (χ3n) is 5.98. The molecule has 0 fully saturated rings. The lowest BCUT2D eigenvalue weighted by Crippen LogP contribution is -2.06. The second-order valence-corrected chi connectivity index (χ2v) is 8.79. The topological polar surface area (TPSA) is 95.2 Å². The van der Waals surface area contributed by atoms with Gasteiger partial charge in [0.25, 0.3) is 0 Å². The second kappa shape index (κ2) is 11.3. The number of fused-ring (bicyclic) bond motifs is 1. The van der Waals surface area contributed by atoms with Crippen molar-refractivity contribution in [2.75, 3.05) is 21.3 Å². The number of aryl methyl sites for hydroxylation is 1. The maximum atomic E-state index is 12.6. The number of methoxy groups -OCH3 is 3. The van der Waals surface area contributed by atoms with Gasteiger partial charge in [-0.25, -0.2) is 14.3 Å². The van der Waals surface area contributed by atoms with Crippen LogP contribution in [0.3, 0.4) is 0 Å². The number of ether oxygens (including phenoxy) is 3. The number of halogens is 1. The highest BCUT2D eigenvalue weighted by Crippen LogP contribution is 2.40. The monoisotopic (exact) mass is 521 g/mol. The number of carboxylic acid groups (broad SMARTS) is 1. The quantitative estimate of drug-likeness (QED) is 0.201. The van der Waals surface area contributed by atoms with Crippen LogP contribution >= 0.6 is 11.6 Å². The number of rotatable bonds is 10. The summed E-state index contributed by atoms with van der Waals surface area (Å²) in [6.07, 6.45) is 6.06. The minimum Gasteiger partial charge on any atom is -0.493 e. The van der Waals surface area contributed by atoms with Crippen LogP contribution in [0.25, 0.3) is 28.6 Å². The molecule has 0 amide bonds. The first-order valence-corrected chi connectivity index (χ1v) is 12.2. The molecule has 9 heteroatoms. The molecule has 0 aliphatic rings. The van der Waals surface area contributed by atoms with Crippen molar-refractivity contribution in [2.45, 2.75) is 26.2 Å². The van der Waals surface area contributed by atoms with Crippen molar-refractivity contribution in [2.24, 2.45) is 0 Å². The fraction of sp³-hybridized carbons (Fsp3) is 0.250. The minimum absolute atomic E-state index is 0.0631. The van der Waals surface area contributed by atoms with Crippen molar-refractivity contribution >= 4 is 34.9 Å². The van der Waals surface area contributed by atoms with Gasteiger partial charge < -0.3 is 19.3 Å². The predicted molar refractivity (Wildman–Crippen MR) is 144 cm³/mol. The molecule has 0 atom stereocenters. The molecule has 1 N–H and O–H groups in total. The number of benzene rings is 2. The van der Waals surface area contributed by atoms with Crippen LogP contribution in [-0.2, 0) is 11.2 Å². The van der Waals surface area contributed by atoms with E-state index < -0.39 is 5.97 Å². The molecule has 0 spiro atoms. The molecule has 0 aliphatic heterocycles. The predicted octanol–water partition coefficient (Wildman–Crippen LogP) is 6.04. The van der Waals surface area contributed by atoms with Crippen LogP contribution in [0.5, 0.6) is 17.2 Å². The molecule has 0 radical (unpaired) electrons. The van der Waals surface area contributed by atoms with Crippen LogP contribution in [-0.4, -0.2) is 47.0 Å². The first-order chi connectivity index (χ1) is 17.9. The number of unbranched alkanes of at least 4 members (excludes halogenated alkanes) is 1. The van der Waals surface area contributed by atoms with Gasteiger partial charge in [-0.05, 0) is 60.4 Å². The SMILES string of the molecule is CCCCc1cc(-c2cc(Cl)ccc2C(=Cc2cc(OC)c(OC)c(OC)c2)C(=O)O)n2nccc2n1. The average Bonchev–Trinajstić information content (AvgIpc) is 3.38. The van der Waals surface area contributed by atoms with E-state index in [4.69, 9.17) is 30.8 Å². The van der Waals surface area contributed by atoms with E-state index in [0.29, 0.717) is 50.3 Å². The largest absolute Gasteiger partial charge is 0.493 e. The van der Waals surface area contributed by atoms with Gasteiger partial charge in [-0.2, -0.15) is 5.10 Å². The third kappa shape index (κ3) is 5.39. The molecule has 2 heterocycles. The first-order valence-electron chi connectivity index (χ1n) is 11.8. The average molecular weight is 522 g/mol. The van der Waals surface area contributed by atoms with E-state index in [1.165, 1.54) is 21.3 Å². The van der Waals surface area contributed by atoms with Gasteiger partial charge in [0.15, 0.2) is 17.1 Å². The molecule has 192 valence electrons. The number of carboxylic acids is 1. The Bertz CT molecular complexity index is 1450. The van der Waals surface area contributed by atoms with Gasteiger partial charge in [0.05, 0.1) is 38.8 Å². The Labute approximate surface area is 220 Å². The molecule has 4 aromatic rings. The Kier molecular flexibility index (Phi) is 7.98. The van der Waals surface area contributed by atoms with E-state index in [-0.39, 0.29) is 5.57 Å². The van der Waals surface area contributed by atoms with Crippen LogP contribution in [0, 0.1) is 0 Å². The number of hydrogen-bond acceptors (Lipinski definition) is 6. The highest BCUT2D eigenvalue weighted by molar-refractivity contribution is 6.31. The molecular weight excluding hydrogens is 494 g/mol. The van der Waals surface area contributed by atoms with Crippen molar-refractivity contribution < 1.29 is 24.1 Å². The molecule has 0 saturated heterocycles. The summed E-state index contributed by atoms with van der Waals surface area (Å²) in [6, 6.07) is 12.3. The lowest BCUT2D eigenvalue weighted by molar-refractivity contribution is -0.130. The number of nitrogens with zero attached hydrogens (tertiary/aromatic N) is 3. The highest BCUT2D eigenvalue weighted by atomic mass is 35.5. The molecule has 0 saturated carbocycles. The summed E-state index contributed by atoms with van der Waals surface area (Å²) in [5, 5.41) is 15.2. The number of hydrogen-bond donors (Lipinski definition) is 1. The van der Waals surface area contributed by atoms with Crippen LogP contribution in [0.15, 0.2) is 48.7 Å². The molecule has 0 aliphatic carbocycles. The van der Waals surface area contributed by atoms with Gasteiger partial charge >= 0.3 is 5.97 Å². The summed E-state index contributed by atoms with van der Waals surface area (Å²) in [6.45, 7) is 2.13. The fourth-order valence-electron chi connectivity index (χ4n) is 4.21. The zero-order valence-electron chi connectivity index (χ0n) is 21.1. The Morgan fingerprint density at radius 2 is 1.78 bits per heavy atom. The van der Waals surface area contributed by atoms with Gasteiger partial charge in [0, 0.05) is 22.3 Å². The van der Waals surface area contributed by atoms with Crippen molar-refractivity contribution in [3.63, 3.8) is 0 Å². The molecule has 4 rings (SSSR count). The maximum absolute atomic E-state index is 12.6. The third-order valence-corrected chi connectivity index (χ3v) is 6.21. The number of carbonyl (C=O) groups is 1. The zero-order chi connectivity index (χ0) is 26.5. The summed E-state index contributed by atoms with van der Waals surface area (Å²) < 4.78 is 18.0. The van der Waals surface area contributed by atoms with E-state index in [0.717, 1.165) is 25.0 Å². The number of aromatic nitrogens is 3. The Hall–Kier alpha value is -4.04. The molecule has 0 bridgehead atoms. The lowest BCUT2D eigenvalue weighted by Gasteiger charge is -2.15. The molecule has 37 heavy (non-hydrogen) atoms. The molecule has 8 nitrogen and oxygen atoms in total. The summed E-state index contributed by atoms with van der Waals surface area (Å²) in [7, 11) is 4.53. The van der Waals surface area contributed by atoms with E-state index >= 15 is 0 Å². The summed E-state index contributed by atoms with van der Waals surface area (Å²) in [4.78, 5) is 17.3. The van der Waals surface area contributed by atoms with E-state index in [1.807, 2.05) is 12.1 Å².